The molecule has 1 aromatic carbocycles. The molecule has 0 amide bonds. The minimum absolute atomic E-state index is 0.0875. The van der Waals surface area contributed by atoms with E-state index in [1.165, 1.54) is 18.6 Å². The number of hydrogen-bond acceptors (Lipinski definition) is 2. The standard InChI is InChI=1S/C18H26FN3S/c1-2-20-17(21-12-14-6-5-11-23-14)22-13-18(9-10-18)15-7-3-4-8-16(15)19/h3-4,7-8,14H,2,5-6,9-13H2,1H3,(H2,20,21,22). The number of benzene rings is 1. The molecular weight excluding hydrogens is 309 g/mol. The third-order valence-corrected chi connectivity index (χ3v) is 6.10. The number of aliphatic imine (C=N–C) groups is 1. The predicted molar refractivity (Wildman–Crippen MR) is 96.8 cm³/mol. The van der Waals surface area contributed by atoms with E-state index in [4.69, 9.17) is 4.99 Å². The van der Waals surface area contributed by atoms with Gasteiger partial charge in [-0.05, 0) is 50.0 Å². The lowest BCUT2D eigenvalue weighted by molar-refractivity contribution is 0.572. The van der Waals surface area contributed by atoms with Crippen molar-refractivity contribution in [2.75, 3.05) is 25.4 Å². The molecule has 126 valence electrons. The normalized spacial score (nSPS) is 22.9. The molecule has 1 aromatic rings. The molecule has 2 aliphatic rings. The SMILES string of the molecule is CCNC(=NCC1(c2ccccc2F)CC1)NCC1CCCS1. The summed E-state index contributed by atoms with van der Waals surface area (Å²) in [6.07, 6.45) is 4.65. The number of rotatable bonds is 6. The topological polar surface area (TPSA) is 36.4 Å². The average molecular weight is 335 g/mol. The van der Waals surface area contributed by atoms with E-state index >= 15 is 0 Å². The van der Waals surface area contributed by atoms with E-state index in [1.54, 1.807) is 12.1 Å². The third-order valence-electron chi connectivity index (χ3n) is 4.70. The lowest BCUT2D eigenvalue weighted by Gasteiger charge is -2.17. The molecule has 0 spiro atoms. The molecule has 1 saturated heterocycles. The second-order valence-corrected chi connectivity index (χ2v) is 7.88. The van der Waals surface area contributed by atoms with Gasteiger partial charge in [-0.25, -0.2) is 4.39 Å². The van der Waals surface area contributed by atoms with Gasteiger partial charge in [0.1, 0.15) is 5.82 Å². The maximum absolute atomic E-state index is 14.1. The number of thioether (sulfide) groups is 1. The molecule has 2 N–H and O–H groups in total. The lowest BCUT2D eigenvalue weighted by atomic mass is 9.95. The molecule has 0 radical (unpaired) electrons. The highest BCUT2D eigenvalue weighted by molar-refractivity contribution is 8.00. The minimum Gasteiger partial charge on any atom is -0.357 e. The first-order valence-corrected chi connectivity index (χ1v) is 9.67. The van der Waals surface area contributed by atoms with E-state index < -0.39 is 0 Å². The van der Waals surface area contributed by atoms with Crippen molar-refractivity contribution in [1.29, 1.82) is 0 Å². The van der Waals surface area contributed by atoms with E-state index in [9.17, 15) is 4.39 Å². The Morgan fingerprint density at radius 2 is 2.17 bits per heavy atom. The van der Waals surface area contributed by atoms with Gasteiger partial charge >= 0.3 is 0 Å². The molecule has 1 aliphatic carbocycles. The van der Waals surface area contributed by atoms with Crippen LogP contribution in [-0.4, -0.2) is 36.6 Å². The third kappa shape index (κ3) is 4.19. The summed E-state index contributed by atoms with van der Waals surface area (Å²) >= 11 is 2.04. The molecule has 0 bridgehead atoms. The Kier molecular flexibility index (Phi) is 5.46. The quantitative estimate of drug-likeness (QED) is 0.618. The number of nitrogens with zero attached hydrogens (tertiary/aromatic N) is 1. The molecule has 1 heterocycles. The molecule has 1 unspecified atom stereocenters. The second-order valence-electron chi connectivity index (χ2n) is 6.47. The van der Waals surface area contributed by atoms with Gasteiger partial charge in [0.05, 0.1) is 6.54 Å². The van der Waals surface area contributed by atoms with Crippen molar-refractivity contribution in [1.82, 2.24) is 10.6 Å². The van der Waals surface area contributed by atoms with Crippen LogP contribution in [0.2, 0.25) is 0 Å². The van der Waals surface area contributed by atoms with Gasteiger partial charge in [-0.3, -0.25) is 4.99 Å². The maximum atomic E-state index is 14.1. The van der Waals surface area contributed by atoms with Crippen LogP contribution in [0.5, 0.6) is 0 Å². The van der Waals surface area contributed by atoms with Crippen LogP contribution >= 0.6 is 11.8 Å². The Morgan fingerprint density at radius 3 is 2.83 bits per heavy atom. The summed E-state index contributed by atoms with van der Waals surface area (Å²) in [5.74, 6) is 2.04. The highest BCUT2D eigenvalue weighted by Crippen LogP contribution is 2.49. The highest BCUT2D eigenvalue weighted by atomic mass is 32.2. The Balaban J connectivity index is 1.62. The molecule has 1 atom stereocenters. The summed E-state index contributed by atoms with van der Waals surface area (Å²) in [6.45, 7) is 4.53. The predicted octanol–water partition coefficient (Wildman–Crippen LogP) is 3.31. The first-order chi connectivity index (χ1) is 11.2. The van der Waals surface area contributed by atoms with Crippen LogP contribution in [0.15, 0.2) is 29.3 Å². The van der Waals surface area contributed by atoms with Gasteiger partial charge in [0, 0.05) is 23.8 Å². The molecule has 0 aromatic heterocycles. The van der Waals surface area contributed by atoms with E-state index in [2.05, 4.69) is 17.6 Å². The van der Waals surface area contributed by atoms with Crippen molar-refractivity contribution in [3.63, 3.8) is 0 Å². The zero-order valence-corrected chi connectivity index (χ0v) is 14.6. The van der Waals surface area contributed by atoms with Crippen molar-refractivity contribution in [3.05, 3.63) is 35.6 Å². The molecule has 2 fully saturated rings. The van der Waals surface area contributed by atoms with Crippen LogP contribution in [-0.2, 0) is 5.41 Å². The monoisotopic (exact) mass is 335 g/mol. The maximum Gasteiger partial charge on any atom is 0.191 e. The van der Waals surface area contributed by atoms with Crippen LogP contribution in [0.4, 0.5) is 4.39 Å². The number of hydrogen-bond donors (Lipinski definition) is 2. The van der Waals surface area contributed by atoms with Gasteiger partial charge in [-0.2, -0.15) is 11.8 Å². The van der Waals surface area contributed by atoms with Gasteiger partial charge in [-0.1, -0.05) is 18.2 Å². The van der Waals surface area contributed by atoms with Crippen molar-refractivity contribution < 1.29 is 4.39 Å². The van der Waals surface area contributed by atoms with Crippen molar-refractivity contribution in [2.24, 2.45) is 4.99 Å². The van der Waals surface area contributed by atoms with Crippen LogP contribution in [0, 0.1) is 5.82 Å². The first kappa shape index (κ1) is 16.6. The molecule has 3 nitrogen and oxygen atoms in total. The van der Waals surface area contributed by atoms with Crippen LogP contribution in [0.25, 0.3) is 0 Å². The number of nitrogens with one attached hydrogen (secondary N) is 2. The first-order valence-electron chi connectivity index (χ1n) is 8.62. The van der Waals surface area contributed by atoms with Gasteiger partial charge in [0.2, 0.25) is 0 Å². The minimum atomic E-state index is -0.0967. The highest BCUT2D eigenvalue weighted by Gasteiger charge is 2.45. The molecular formula is C18H26FN3S. The Labute approximate surface area is 142 Å². The molecule has 23 heavy (non-hydrogen) atoms. The summed E-state index contributed by atoms with van der Waals surface area (Å²) in [5, 5.41) is 7.46. The van der Waals surface area contributed by atoms with Gasteiger partial charge < -0.3 is 10.6 Å². The Bertz CT molecular complexity index is 551. The zero-order chi connectivity index (χ0) is 16.1. The number of guanidine groups is 1. The van der Waals surface area contributed by atoms with Gasteiger partial charge in [0.15, 0.2) is 5.96 Å². The Hall–Kier alpha value is -1.23. The van der Waals surface area contributed by atoms with E-state index in [1.807, 2.05) is 23.9 Å². The van der Waals surface area contributed by atoms with Crippen molar-refractivity contribution in [3.8, 4) is 0 Å². The Morgan fingerprint density at radius 1 is 1.35 bits per heavy atom. The van der Waals surface area contributed by atoms with E-state index in [0.717, 1.165) is 37.5 Å². The number of halogens is 1. The smallest absolute Gasteiger partial charge is 0.191 e. The van der Waals surface area contributed by atoms with Crippen molar-refractivity contribution >= 4 is 17.7 Å². The van der Waals surface area contributed by atoms with Gasteiger partial charge in [0.25, 0.3) is 0 Å². The summed E-state index contributed by atoms with van der Waals surface area (Å²) in [4.78, 5) is 4.74. The summed E-state index contributed by atoms with van der Waals surface area (Å²) < 4.78 is 14.1. The fraction of sp³-hybridized carbons (Fsp3) is 0.611. The molecule has 5 heteroatoms. The largest absolute Gasteiger partial charge is 0.357 e. The van der Waals surface area contributed by atoms with E-state index in [-0.39, 0.29) is 11.2 Å². The fourth-order valence-corrected chi connectivity index (χ4v) is 4.34. The summed E-state index contributed by atoms with van der Waals surface area (Å²) in [7, 11) is 0. The zero-order valence-electron chi connectivity index (χ0n) is 13.8. The molecule has 1 saturated carbocycles. The van der Waals surface area contributed by atoms with Crippen LogP contribution in [0.3, 0.4) is 0 Å². The summed E-state index contributed by atoms with van der Waals surface area (Å²) in [5.41, 5.74) is 0.737. The molecule has 3 rings (SSSR count). The molecule has 1 aliphatic heterocycles. The summed E-state index contributed by atoms with van der Waals surface area (Å²) in [6, 6.07) is 7.14. The fourth-order valence-electron chi connectivity index (χ4n) is 3.14. The van der Waals surface area contributed by atoms with Gasteiger partial charge in [-0.15, -0.1) is 0 Å². The second kappa shape index (κ2) is 7.56. The van der Waals surface area contributed by atoms with E-state index in [0.29, 0.717) is 11.8 Å². The van der Waals surface area contributed by atoms with Crippen LogP contribution in [0.1, 0.15) is 38.2 Å². The van der Waals surface area contributed by atoms with Crippen LogP contribution < -0.4 is 10.6 Å². The van der Waals surface area contributed by atoms with Crippen molar-refractivity contribution in [2.45, 2.75) is 43.3 Å². The lowest BCUT2D eigenvalue weighted by Crippen LogP contribution is -2.40. The average Bonchev–Trinajstić information content (AvgIpc) is 3.16.